The molecule has 1 rings (SSSR count). The minimum Gasteiger partial charge on any atom is -0.462 e. The highest BCUT2D eigenvalue weighted by Crippen LogP contribution is 2.47. The van der Waals surface area contributed by atoms with Crippen LogP contribution in [0.1, 0.15) is 213 Å². The van der Waals surface area contributed by atoms with Gasteiger partial charge in [0, 0.05) is 12.8 Å². The zero-order valence-corrected chi connectivity index (χ0v) is 38.4. The highest BCUT2D eigenvalue weighted by molar-refractivity contribution is 7.47. The quantitative estimate of drug-likeness (QED) is 0.0147. The van der Waals surface area contributed by atoms with Crippen molar-refractivity contribution in [3.8, 4) is 0 Å². The van der Waals surface area contributed by atoms with Gasteiger partial charge in [0.2, 0.25) is 0 Å². The van der Waals surface area contributed by atoms with Crippen LogP contribution in [0.2, 0.25) is 0 Å². The number of hydrogen-bond acceptors (Lipinski definition) is 12. The number of hydrogen-bond donors (Lipinski definition) is 6. The predicted molar refractivity (Wildman–Crippen MR) is 235 cm³/mol. The number of phosphoric ester groups is 1. The van der Waals surface area contributed by atoms with E-state index in [1.165, 1.54) is 116 Å². The Morgan fingerprint density at radius 2 is 0.850 bits per heavy atom. The Labute approximate surface area is 363 Å². The number of phosphoric acid groups is 1. The van der Waals surface area contributed by atoms with Gasteiger partial charge in [0.1, 0.15) is 43.2 Å². The Morgan fingerprint density at radius 3 is 1.27 bits per heavy atom. The summed E-state index contributed by atoms with van der Waals surface area (Å²) in [7, 11) is -5.11. The Morgan fingerprint density at radius 1 is 0.500 bits per heavy atom. The highest BCUT2D eigenvalue weighted by atomic mass is 31.2. The molecule has 6 unspecified atom stereocenters. The van der Waals surface area contributed by atoms with Crippen molar-refractivity contribution in [2.75, 3.05) is 13.2 Å². The third-order valence-corrected chi connectivity index (χ3v) is 12.3. The number of allylic oxidation sites excluding steroid dienone is 2. The monoisotopic (exact) mass is 879 g/mol. The van der Waals surface area contributed by atoms with Crippen molar-refractivity contribution in [1.82, 2.24) is 0 Å². The van der Waals surface area contributed by atoms with Gasteiger partial charge in [-0.15, -0.1) is 0 Å². The van der Waals surface area contributed by atoms with E-state index in [0.29, 0.717) is 12.8 Å². The largest absolute Gasteiger partial charge is 0.472 e. The molecule has 1 aliphatic rings. The summed E-state index contributed by atoms with van der Waals surface area (Å²) in [5, 5.41) is 50.1. The standard InChI is InChI=1S/C46H87O13P/c1-3-5-7-9-11-13-15-17-19-20-21-23-24-26-28-30-32-34-39(47)56-36-38(37-57-60(54,55)59-46-44(52)42(50)41(49)43(51)45(46)53)58-40(48)35-33-31-29-27-25-22-18-16-14-12-10-8-6-4-2/h16,18,38,41-46,49-53H,3-15,17,19-37H2,1-2H3,(H,54,55)/b18-16+/t38-,41?,42-,43?,44?,45?,46?/m0/s1. The third kappa shape index (κ3) is 29.0. The van der Waals surface area contributed by atoms with Gasteiger partial charge in [-0.05, 0) is 38.5 Å². The average molecular weight is 879 g/mol. The van der Waals surface area contributed by atoms with E-state index >= 15 is 0 Å². The fraction of sp³-hybridized carbons (Fsp3) is 0.913. The summed E-state index contributed by atoms with van der Waals surface area (Å²) in [6, 6.07) is 0. The topological polar surface area (TPSA) is 210 Å². The van der Waals surface area contributed by atoms with Crippen LogP contribution in [0, 0.1) is 0 Å². The molecule has 0 radical (unpaired) electrons. The van der Waals surface area contributed by atoms with E-state index < -0.39 is 75.7 Å². The molecule has 0 aromatic carbocycles. The molecule has 0 saturated heterocycles. The molecule has 14 heteroatoms. The molecule has 6 N–H and O–H groups in total. The number of esters is 2. The maximum Gasteiger partial charge on any atom is 0.472 e. The van der Waals surface area contributed by atoms with Gasteiger partial charge in [-0.25, -0.2) is 4.57 Å². The molecular formula is C46H87O13P. The fourth-order valence-electron chi connectivity index (χ4n) is 7.46. The van der Waals surface area contributed by atoms with E-state index in [1.54, 1.807) is 0 Å². The van der Waals surface area contributed by atoms with E-state index in [0.717, 1.165) is 57.8 Å². The molecule has 0 aromatic heterocycles. The Balaban J connectivity index is 2.43. The molecule has 13 nitrogen and oxygen atoms in total. The van der Waals surface area contributed by atoms with Gasteiger partial charge in [0.25, 0.3) is 0 Å². The summed E-state index contributed by atoms with van der Waals surface area (Å²) < 4.78 is 33.5. The van der Waals surface area contributed by atoms with Crippen LogP contribution >= 0.6 is 7.82 Å². The fourth-order valence-corrected chi connectivity index (χ4v) is 8.43. The van der Waals surface area contributed by atoms with Crippen LogP contribution in [0.3, 0.4) is 0 Å². The molecule has 354 valence electrons. The number of aliphatic hydroxyl groups is 5. The summed E-state index contributed by atoms with van der Waals surface area (Å²) in [4.78, 5) is 35.7. The van der Waals surface area contributed by atoms with Crippen molar-refractivity contribution in [3.05, 3.63) is 12.2 Å². The van der Waals surface area contributed by atoms with Crippen molar-refractivity contribution in [2.45, 2.75) is 256 Å². The molecule has 0 amide bonds. The minimum absolute atomic E-state index is 0.0908. The van der Waals surface area contributed by atoms with Crippen molar-refractivity contribution in [3.63, 3.8) is 0 Å². The lowest BCUT2D eigenvalue weighted by Crippen LogP contribution is -2.64. The molecule has 1 saturated carbocycles. The Kier molecular flexibility index (Phi) is 34.9. The summed E-state index contributed by atoms with van der Waals surface area (Å²) in [5.41, 5.74) is 0. The normalized spacial score (nSPS) is 22.2. The van der Waals surface area contributed by atoms with Crippen LogP contribution in [0.15, 0.2) is 12.2 Å². The lowest BCUT2D eigenvalue weighted by molar-refractivity contribution is -0.220. The van der Waals surface area contributed by atoms with Gasteiger partial charge in [0.05, 0.1) is 6.61 Å². The summed E-state index contributed by atoms with van der Waals surface area (Å²) >= 11 is 0. The number of carbonyl (C=O) groups excluding carboxylic acids is 2. The van der Waals surface area contributed by atoms with Gasteiger partial charge in [-0.3, -0.25) is 18.6 Å². The lowest BCUT2D eigenvalue weighted by atomic mass is 9.85. The molecule has 0 heterocycles. The number of carbonyl (C=O) groups is 2. The van der Waals surface area contributed by atoms with Crippen molar-refractivity contribution in [2.24, 2.45) is 0 Å². The average Bonchev–Trinajstić information content (AvgIpc) is 3.23. The zero-order valence-electron chi connectivity index (χ0n) is 37.5. The first kappa shape index (κ1) is 56.6. The van der Waals surface area contributed by atoms with Crippen molar-refractivity contribution in [1.29, 1.82) is 0 Å². The molecule has 0 aliphatic heterocycles. The zero-order chi connectivity index (χ0) is 44.3. The molecule has 0 bridgehead atoms. The van der Waals surface area contributed by atoms with E-state index in [2.05, 4.69) is 26.0 Å². The van der Waals surface area contributed by atoms with Gasteiger partial charge in [0.15, 0.2) is 6.10 Å². The van der Waals surface area contributed by atoms with Crippen LogP contribution in [-0.4, -0.2) is 98.3 Å². The first-order valence-corrected chi connectivity index (χ1v) is 25.5. The molecule has 1 fully saturated rings. The second-order valence-electron chi connectivity index (χ2n) is 17.0. The molecule has 8 atom stereocenters. The number of unbranched alkanes of at least 4 members (excludes halogenated alkanes) is 26. The molecule has 60 heavy (non-hydrogen) atoms. The molecule has 0 spiro atoms. The number of ether oxygens (including phenoxy) is 2. The number of rotatable bonds is 40. The van der Waals surface area contributed by atoms with E-state index in [1.807, 2.05) is 0 Å². The minimum atomic E-state index is -5.11. The lowest BCUT2D eigenvalue weighted by Gasteiger charge is -2.41. The maximum atomic E-state index is 12.8. The molecule has 1 aliphatic carbocycles. The second kappa shape index (κ2) is 37.0. The van der Waals surface area contributed by atoms with Gasteiger partial charge >= 0.3 is 19.8 Å². The predicted octanol–water partition coefficient (Wildman–Crippen LogP) is 9.45. The van der Waals surface area contributed by atoms with Crippen LogP contribution < -0.4 is 0 Å². The smallest absolute Gasteiger partial charge is 0.462 e. The highest BCUT2D eigenvalue weighted by Gasteiger charge is 2.51. The molecular weight excluding hydrogens is 791 g/mol. The van der Waals surface area contributed by atoms with Crippen molar-refractivity contribution >= 4 is 19.8 Å². The summed E-state index contributed by atoms with van der Waals surface area (Å²) in [6.45, 7) is 3.30. The molecule has 0 aromatic rings. The first-order valence-electron chi connectivity index (χ1n) is 24.0. The maximum absolute atomic E-state index is 12.8. The van der Waals surface area contributed by atoms with E-state index in [9.17, 15) is 44.6 Å². The van der Waals surface area contributed by atoms with E-state index in [-0.39, 0.29) is 12.8 Å². The first-order chi connectivity index (χ1) is 28.9. The van der Waals surface area contributed by atoms with Crippen LogP contribution in [0.4, 0.5) is 0 Å². The summed E-state index contributed by atoms with van der Waals surface area (Å²) in [6.07, 6.45) is 25.5. The van der Waals surface area contributed by atoms with Gasteiger partial charge in [-0.1, -0.05) is 174 Å². The number of aliphatic hydroxyl groups excluding tert-OH is 5. The third-order valence-electron chi connectivity index (χ3n) is 11.4. The van der Waals surface area contributed by atoms with Gasteiger partial charge in [-0.2, -0.15) is 0 Å². The van der Waals surface area contributed by atoms with Crippen LogP contribution in [0.25, 0.3) is 0 Å². The SMILES string of the molecule is CCCCCCC/C=C/CCCCCCCC(=O)O[C@@H](COC(=O)CCCCCCCCCCCCCCCCCCC)COP(=O)(O)OC1C(O)C(O)C(O)[C@H](O)C1O. The van der Waals surface area contributed by atoms with Gasteiger partial charge < -0.3 is 39.9 Å². The Hall–Kier alpha value is -1.41. The summed E-state index contributed by atoms with van der Waals surface area (Å²) in [5.74, 6) is -1.10. The second-order valence-corrected chi connectivity index (χ2v) is 18.4. The van der Waals surface area contributed by atoms with Crippen LogP contribution in [0.5, 0.6) is 0 Å². The van der Waals surface area contributed by atoms with Crippen molar-refractivity contribution < 1.29 is 63.1 Å². The van der Waals surface area contributed by atoms with E-state index in [4.69, 9.17) is 18.5 Å². The Bertz CT molecular complexity index is 1110. The van der Waals surface area contributed by atoms with Crippen LogP contribution in [-0.2, 0) is 32.7 Å².